The third-order valence-electron chi connectivity index (χ3n) is 2.80. The molecule has 1 aromatic carbocycles. The minimum atomic E-state index is -0.232. The summed E-state index contributed by atoms with van der Waals surface area (Å²) < 4.78 is 12.9. The highest BCUT2D eigenvalue weighted by Gasteiger charge is 2.17. The van der Waals surface area contributed by atoms with E-state index in [0.29, 0.717) is 5.92 Å². The van der Waals surface area contributed by atoms with Crippen LogP contribution in [0.3, 0.4) is 0 Å². The van der Waals surface area contributed by atoms with Gasteiger partial charge in [-0.25, -0.2) is 4.39 Å². The van der Waals surface area contributed by atoms with E-state index < -0.39 is 0 Å². The van der Waals surface area contributed by atoms with Gasteiger partial charge in [-0.15, -0.1) is 0 Å². The molecule has 78 valence electrons. The van der Waals surface area contributed by atoms with E-state index in [2.05, 4.69) is 13.8 Å². The van der Waals surface area contributed by atoms with E-state index in [0.717, 1.165) is 12.0 Å². The van der Waals surface area contributed by atoms with Gasteiger partial charge in [-0.1, -0.05) is 32.4 Å². The predicted molar refractivity (Wildman–Crippen MR) is 55.7 cm³/mol. The summed E-state index contributed by atoms with van der Waals surface area (Å²) in [5.41, 5.74) is 0.891. The van der Waals surface area contributed by atoms with Crippen molar-refractivity contribution in [3.63, 3.8) is 0 Å². The molecule has 0 aromatic heterocycles. The lowest BCUT2D eigenvalue weighted by atomic mass is 9.86. The molecule has 1 aromatic rings. The van der Waals surface area contributed by atoms with Crippen molar-refractivity contribution in [1.29, 1.82) is 0 Å². The molecule has 0 aliphatic carbocycles. The Morgan fingerprint density at radius 2 is 2.14 bits per heavy atom. The van der Waals surface area contributed by atoms with Gasteiger partial charge in [-0.3, -0.25) is 0 Å². The van der Waals surface area contributed by atoms with Crippen LogP contribution < -0.4 is 0 Å². The first kappa shape index (κ1) is 11.2. The summed E-state index contributed by atoms with van der Waals surface area (Å²) in [6.07, 6.45) is 0.988. The van der Waals surface area contributed by atoms with E-state index >= 15 is 0 Å². The molecule has 0 heterocycles. The summed E-state index contributed by atoms with van der Waals surface area (Å²) in [6, 6.07) is 6.49. The first-order chi connectivity index (χ1) is 6.69. The van der Waals surface area contributed by atoms with Crippen molar-refractivity contribution < 1.29 is 9.50 Å². The molecule has 0 saturated carbocycles. The fourth-order valence-corrected chi connectivity index (χ4v) is 1.64. The second kappa shape index (κ2) is 5.11. The topological polar surface area (TPSA) is 20.2 Å². The van der Waals surface area contributed by atoms with Crippen LogP contribution in [0.4, 0.5) is 4.39 Å². The Bertz CT molecular complexity index is 285. The molecule has 0 saturated heterocycles. The molecule has 2 unspecified atom stereocenters. The normalized spacial score (nSPS) is 15.1. The van der Waals surface area contributed by atoms with Crippen molar-refractivity contribution >= 4 is 0 Å². The molecule has 0 aliphatic rings. The van der Waals surface area contributed by atoms with Gasteiger partial charge in [0.1, 0.15) is 5.82 Å². The average molecular weight is 196 g/mol. The highest BCUT2D eigenvalue weighted by Crippen LogP contribution is 2.26. The number of halogens is 1. The van der Waals surface area contributed by atoms with Gasteiger partial charge in [0, 0.05) is 5.92 Å². The van der Waals surface area contributed by atoms with E-state index in [4.69, 9.17) is 0 Å². The van der Waals surface area contributed by atoms with Crippen molar-refractivity contribution in [2.24, 2.45) is 5.92 Å². The maximum atomic E-state index is 12.9. The SMILES string of the molecule is CCC(C)C(CO)c1cccc(F)c1. The van der Waals surface area contributed by atoms with E-state index in [1.54, 1.807) is 6.07 Å². The second-order valence-electron chi connectivity index (χ2n) is 3.73. The summed E-state index contributed by atoms with van der Waals surface area (Å²) in [4.78, 5) is 0. The van der Waals surface area contributed by atoms with Crippen LogP contribution in [-0.2, 0) is 0 Å². The van der Waals surface area contributed by atoms with E-state index in [1.807, 2.05) is 6.07 Å². The maximum absolute atomic E-state index is 12.9. The van der Waals surface area contributed by atoms with Gasteiger partial charge in [-0.05, 0) is 23.6 Å². The number of hydrogen-bond acceptors (Lipinski definition) is 1. The number of benzene rings is 1. The van der Waals surface area contributed by atoms with Gasteiger partial charge in [0.25, 0.3) is 0 Å². The Morgan fingerprint density at radius 3 is 2.64 bits per heavy atom. The molecule has 1 nitrogen and oxygen atoms in total. The monoisotopic (exact) mass is 196 g/mol. The van der Waals surface area contributed by atoms with Crippen LogP contribution in [0.1, 0.15) is 31.7 Å². The van der Waals surface area contributed by atoms with Crippen molar-refractivity contribution in [3.8, 4) is 0 Å². The number of rotatable bonds is 4. The van der Waals surface area contributed by atoms with E-state index in [-0.39, 0.29) is 18.3 Å². The molecular formula is C12H17FO. The molecule has 0 aliphatic heterocycles. The third kappa shape index (κ3) is 2.55. The van der Waals surface area contributed by atoms with Crippen LogP contribution in [0, 0.1) is 11.7 Å². The average Bonchev–Trinajstić information content (AvgIpc) is 2.19. The highest BCUT2D eigenvalue weighted by atomic mass is 19.1. The second-order valence-corrected chi connectivity index (χ2v) is 3.73. The lowest BCUT2D eigenvalue weighted by Gasteiger charge is -2.20. The molecule has 2 heteroatoms. The summed E-state index contributed by atoms with van der Waals surface area (Å²) in [7, 11) is 0. The Hall–Kier alpha value is -0.890. The number of hydrogen-bond donors (Lipinski definition) is 1. The molecule has 14 heavy (non-hydrogen) atoms. The van der Waals surface area contributed by atoms with Gasteiger partial charge >= 0.3 is 0 Å². The fourth-order valence-electron chi connectivity index (χ4n) is 1.64. The minimum absolute atomic E-state index is 0.0516. The zero-order valence-electron chi connectivity index (χ0n) is 8.70. The van der Waals surface area contributed by atoms with Gasteiger partial charge in [0.05, 0.1) is 6.61 Å². The van der Waals surface area contributed by atoms with Gasteiger partial charge in [-0.2, -0.15) is 0 Å². The molecular weight excluding hydrogens is 179 g/mol. The first-order valence-electron chi connectivity index (χ1n) is 5.05. The molecule has 0 radical (unpaired) electrons. The quantitative estimate of drug-likeness (QED) is 0.785. The summed E-state index contributed by atoms with van der Waals surface area (Å²) in [5, 5.41) is 9.25. The minimum Gasteiger partial charge on any atom is -0.396 e. The van der Waals surface area contributed by atoms with Crippen molar-refractivity contribution in [1.82, 2.24) is 0 Å². The van der Waals surface area contributed by atoms with Gasteiger partial charge in [0.15, 0.2) is 0 Å². The standard InChI is InChI=1S/C12H17FO/c1-3-9(2)12(8-14)10-5-4-6-11(13)7-10/h4-7,9,12,14H,3,8H2,1-2H3. The van der Waals surface area contributed by atoms with Crippen LogP contribution in [0.25, 0.3) is 0 Å². The number of aliphatic hydroxyl groups is 1. The Morgan fingerprint density at radius 1 is 1.43 bits per heavy atom. The smallest absolute Gasteiger partial charge is 0.123 e. The van der Waals surface area contributed by atoms with Gasteiger partial charge < -0.3 is 5.11 Å². The molecule has 1 N–H and O–H groups in total. The Labute approximate surface area is 84.6 Å². The van der Waals surface area contributed by atoms with E-state index in [1.165, 1.54) is 12.1 Å². The van der Waals surface area contributed by atoms with Crippen molar-refractivity contribution in [2.45, 2.75) is 26.2 Å². The molecule has 2 atom stereocenters. The Balaban J connectivity index is 2.89. The third-order valence-corrected chi connectivity index (χ3v) is 2.80. The zero-order valence-corrected chi connectivity index (χ0v) is 8.70. The zero-order chi connectivity index (χ0) is 10.6. The van der Waals surface area contributed by atoms with Crippen LogP contribution in [-0.4, -0.2) is 11.7 Å². The first-order valence-corrected chi connectivity index (χ1v) is 5.05. The van der Waals surface area contributed by atoms with Crippen LogP contribution in [0.2, 0.25) is 0 Å². The van der Waals surface area contributed by atoms with Crippen molar-refractivity contribution in [3.05, 3.63) is 35.6 Å². The maximum Gasteiger partial charge on any atom is 0.123 e. The highest BCUT2D eigenvalue weighted by molar-refractivity contribution is 5.21. The summed E-state index contributed by atoms with van der Waals surface area (Å²) >= 11 is 0. The Kier molecular flexibility index (Phi) is 4.08. The number of aliphatic hydroxyl groups excluding tert-OH is 1. The van der Waals surface area contributed by atoms with Crippen molar-refractivity contribution in [2.75, 3.05) is 6.61 Å². The predicted octanol–water partition coefficient (Wildman–Crippen LogP) is 2.95. The van der Waals surface area contributed by atoms with Crippen LogP contribution in [0.15, 0.2) is 24.3 Å². The largest absolute Gasteiger partial charge is 0.396 e. The fraction of sp³-hybridized carbons (Fsp3) is 0.500. The molecule has 0 bridgehead atoms. The molecule has 0 amide bonds. The van der Waals surface area contributed by atoms with E-state index in [9.17, 15) is 9.50 Å². The lowest BCUT2D eigenvalue weighted by Crippen LogP contribution is -2.13. The summed E-state index contributed by atoms with van der Waals surface area (Å²) in [6.45, 7) is 4.23. The van der Waals surface area contributed by atoms with Gasteiger partial charge in [0.2, 0.25) is 0 Å². The lowest BCUT2D eigenvalue weighted by molar-refractivity contribution is 0.228. The van der Waals surface area contributed by atoms with Crippen LogP contribution in [0.5, 0.6) is 0 Å². The molecule has 0 fully saturated rings. The summed E-state index contributed by atoms with van der Waals surface area (Å²) in [5.74, 6) is 0.196. The van der Waals surface area contributed by atoms with Crippen LogP contribution >= 0.6 is 0 Å². The molecule has 1 rings (SSSR count). The molecule has 0 spiro atoms.